The van der Waals surface area contributed by atoms with E-state index in [9.17, 15) is 4.79 Å². The largest absolute Gasteiger partial charge is 0.381 e. The van der Waals surface area contributed by atoms with Crippen molar-refractivity contribution in [3.8, 4) is 0 Å². The average molecular weight is 238 g/mol. The molecule has 1 amide bonds. The molecule has 1 aliphatic rings. The van der Waals surface area contributed by atoms with Crippen LogP contribution in [0.5, 0.6) is 0 Å². The highest BCUT2D eigenvalue weighted by molar-refractivity contribution is 8.00. The smallest absolute Gasteiger partial charge is 0.232 e. The Labute approximate surface area is 98.4 Å². The zero-order valence-corrected chi connectivity index (χ0v) is 9.91. The van der Waals surface area contributed by atoms with Gasteiger partial charge in [-0.1, -0.05) is 11.8 Å². The molecule has 1 aromatic rings. The Bertz CT molecular complexity index is 394. The first-order valence-corrected chi connectivity index (χ1v) is 6.12. The minimum absolute atomic E-state index is 0.123. The third-order valence-electron chi connectivity index (χ3n) is 2.51. The molecule has 1 aliphatic carbocycles. The number of thioether (sulfide) groups is 1. The summed E-state index contributed by atoms with van der Waals surface area (Å²) >= 11 is 1.34. The first kappa shape index (κ1) is 11.2. The summed E-state index contributed by atoms with van der Waals surface area (Å²) in [7, 11) is 1.85. The Kier molecular flexibility index (Phi) is 3.28. The Morgan fingerprint density at radius 1 is 1.56 bits per heavy atom. The van der Waals surface area contributed by atoms with E-state index in [1.165, 1.54) is 18.0 Å². The highest BCUT2D eigenvalue weighted by atomic mass is 32.2. The van der Waals surface area contributed by atoms with Gasteiger partial charge in [-0.15, -0.1) is 0 Å². The van der Waals surface area contributed by atoms with Gasteiger partial charge in [0, 0.05) is 25.5 Å². The van der Waals surface area contributed by atoms with Crippen molar-refractivity contribution in [1.29, 1.82) is 0 Å². The zero-order valence-electron chi connectivity index (χ0n) is 9.09. The maximum Gasteiger partial charge on any atom is 0.232 e. The lowest BCUT2D eigenvalue weighted by Gasteiger charge is -2.15. The number of carbonyl (C=O) groups is 1. The van der Waals surface area contributed by atoms with Crippen molar-refractivity contribution >= 4 is 23.5 Å². The third kappa shape index (κ3) is 2.63. The molecule has 1 heterocycles. The van der Waals surface area contributed by atoms with Crippen LogP contribution in [0.3, 0.4) is 0 Å². The Morgan fingerprint density at radius 2 is 2.25 bits per heavy atom. The lowest BCUT2D eigenvalue weighted by molar-refractivity contribution is -0.127. The lowest BCUT2D eigenvalue weighted by atomic mass is 10.5. The van der Waals surface area contributed by atoms with Crippen LogP contribution in [0.15, 0.2) is 17.4 Å². The maximum atomic E-state index is 11.7. The van der Waals surface area contributed by atoms with Crippen molar-refractivity contribution in [1.82, 2.24) is 14.9 Å². The SMILES string of the molecule is CN(C(=O)CSc1nccnc1N)C1CC1. The summed E-state index contributed by atoms with van der Waals surface area (Å²) in [5, 5.41) is 0.625. The van der Waals surface area contributed by atoms with Crippen LogP contribution in [0.1, 0.15) is 12.8 Å². The molecule has 0 spiro atoms. The molecule has 0 unspecified atom stereocenters. The molecular formula is C10H14N4OS. The molecule has 0 radical (unpaired) electrons. The molecule has 0 atom stereocenters. The quantitative estimate of drug-likeness (QED) is 0.784. The second-order valence-electron chi connectivity index (χ2n) is 3.77. The Balaban J connectivity index is 1.87. The third-order valence-corrected chi connectivity index (χ3v) is 3.49. The van der Waals surface area contributed by atoms with E-state index in [0.717, 1.165) is 12.8 Å². The Morgan fingerprint density at radius 3 is 2.88 bits per heavy atom. The monoisotopic (exact) mass is 238 g/mol. The van der Waals surface area contributed by atoms with Crippen molar-refractivity contribution in [2.24, 2.45) is 0 Å². The number of carbonyl (C=O) groups excluding carboxylic acids is 1. The second kappa shape index (κ2) is 4.69. The van der Waals surface area contributed by atoms with Crippen molar-refractivity contribution in [3.63, 3.8) is 0 Å². The second-order valence-corrected chi connectivity index (χ2v) is 4.74. The van der Waals surface area contributed by atoms with Crippen LogP contribution in [-0.4, -0.2) is 39.6 Å². The van der Waals surface area contributed by atoms with E-state index in [1.807, 2.05) is 7.05 Å². The molecule has 0 bridgehead atoms. The first-order valence-electron chi connectivity index (χ1n) is 5.13. The number of amides is 1. The van der Waals surface area contributed by atoms with Crippen molar-refractivity contribution in [2.45, 2.75) is 23.9 Å². The zero-order chi connectivity index (χ0) is 11.5. The van der Waals surface area contributed by atoms with Crippen LogP contribution < -0.4 is 5.73 Å². The number of anilines is 1. The fourth-order valence-corrected chi connectivity index (χ4v) is 2.14. The number of hydrogen-bond donors (Lipinski definition) is 1. The molecular weight excluding hydrogens is 224 g/mol. The normalized spacial score (nSPS) is 14.8. The van der Waals surface area contributed by atoms with Crippen LogP contribution in [0, 0.1) is 0 Å². The van der Waals surface area contributed by atoms with Gasteiger partial charge in [0.2, 0.25) is 5.91 Å². The molecule has 1 aromatic heterocycles. The van der Waals surface area contributed by atoms with E-state index in [4.69, 9.17) is 5.73 Å². The van der Waals surface area contributed by atoms with Crippen molar-refractivity contribution in [2.75, 3.05) is 18.5 Å². The van der Waals surface area contributed by atoms with Gasteiger partial charge in [0.05, 0.1) is 5.75 Å². The van der Waals surface area contributed by atoms with Gasteiger partial charge in [0.25, 0.3) is 0 Å². The summed E-state index contributed by atoms with van der Waals surface area (Å²) in [5.41, 5.74) is 5.64. The van der Waals surface area contributed by atoms with Gasteiger partial charge in [-0.25, -0.2) is 9.97 Å². The van der Waals surface area contributed by atoms with Gasteiger partial charge in [0.15, 0.2) is 5.82 Å². The Hall–Kier alpha value is -1.30. The summed E-state index contributed by atoms with van der Waals surface area (Å²) in [6.07, 6.45) is 5.37. The molecule has 5 nitrogen and oxygen atoms in total. The van der Waals surface area contributed by atoms with Gasteiger partial charge >= 0.3 is 0 Å². The molecule has 6 heteroatoms. The molecule has 2 rings (SSSR count). The average Bonchev–Trinajstić information content (AvgIpc) is 3.10. The van der Waals surface area contributed by atoms with Gasteiger partial charge in [-0.2, -0.15) is 0 Å². The number of nitrogens with zero attached hydrogens (tertiary/aromatic N) is 3. The van der Waals surface area contributed by atoms with Gasteiger partial charge < -0.3 is 10.6 Å². The lowest BCUT2D eigenvalue weighted by Crippen LogP contribution is -2.30. The van der Waals surface area contributed by atoms with E-state index in [2.05, 4.69) is 9.97 Å². The minimum Gasteiger partial charge on any atom is -0.381 e. The number of hydrogen-bond acceptors (Lipinski definition) is 5. The fraction of sp³-hybridized carbons (Fsp3) is 0.500. The number of nitrogens with two attached hydrogens (primary N) is 1. The topological polar surface area (TPSA) is 72.1 Å². The van der Waals surface area contributed by atoms with Crippen LogP contribution >= 0.6 is 11.8 Å². The highest BCUT2D eigenvalue weighted by Gasteiger charge is 2.29. The predicted molar refractivity (Wildman–Crippen MR) is 63.0 cm³/mol. The summed E-state index contributed by atoms with van der Waals surface area (Å²) in [4.78, 5) is 21.5. The number of nitrogen functional groups attached to an aromatic ring is 1. The first-order chi connectivity index (χ1) is 7.68. The molecule has 0 aromatic carbocycles. The summed E-state index contributed by atoms with van der Waals surface area (Å²) < 4.78 is 0. The summed E-state index contributed by atoms with van der Waals surface area (Å²) in [5.74, 6) is 0.877. The van der Waals surface area contributed by atoms with E-state index in [0.29, 0.717) is 22.6 Å². The number of rotatable bonds is 4. The predicted octanol–water partition coefficient (Wildman–Crippen LogP) is 0.772. The van der Waals surface area contributed by atoms with Gasteiger partial charge in [-0.3, -0.25) is 4.79 Å². The molecule has 86 valence electrons. The molecule has 1 fully saturated rings. The summed E-state index contributed by atoms with van der Waals surface area (Å²) in [6, 6.07) is 0.451. The van der Waals surface area contributed by atoms with E-state index < -0.39 is 0 Å². The van der Waals surface area contributed by atoms with Crippen molar-refractivity contribution in [3.05, 3.63) is 12.4 Å². The summed E-state index contributed by atoms with van der Waals surface area (Å²) in [6.45, 7) is 0. The molecule has 1 saturated carbocycles. The van der Waals surface area contributed by atoms with Gasteiger partial charge in [-0.05, 0) is 12.8 Å². The molecule has 0 aliphatic heterocycles. The maximum absolute atomic E-state index is 11.7. The van der Waals surface area contributed by atoms with Gasteiger partial charge in [0.1, 0.15) is 5.03 Å². The van der Waals surface area contributed by atoms with Crippen LogP contribution in [0.25, 0.3) is 0 Å². The highest BCUT2D eigenvalue weighted by Crippen LogP contribution is 2.27. The standard InChI is InChI=1S/C10H14N4OS/c1-14(7-2-3-7)8(15)6-16-10-9(11)12-4-5-13-10/h4-5,7H,2-3,6H2,1H3,(H2,11,12). The van der Waals surface area contributed by atoms with E-state index >= 15 is 0 Å². The van der Waals surface area contributed by atoms with Crippen LogP contribution in [0.4, 0.5) is 5.82 Å². The number of aromatic nitrogens is 2. The van der Waals surface area contributed by atoms with E-state index in [-0.39, 0.29) is 5.91 Å². The van der Waals surface area contributed by atoms with E-state index in [1.54, 1.807) is 11.1 Å². The molecule has 16 heavy (non-hydrogen) atoms. The molecule has 0 saturated heterocycles. The fourth-order valence-electron chi connectivity index (χ4n) is 1.34. The molecule has 2 N–H and O–H groups in total. The minimum atomic E-state index is 0.123. The van der Waals surface area contributed by atoms with Crippen LogP contribution in [-0.2, 0) is 4.79 Å². The van der Waals surface area contributed by atoms with Crippen molar-refractivity contribution < 1.29 is 4.79 Å². The van der Waals surface area contributed by atoms with Crippen LogP contribution in [0.2, 0.25) is 0 Å².